The molecule has 0 unspecified atom stereocenters. The summed E-state index contributed by atoms with van der Waals surface area (Å²) >= 11 is 6.05. The van der Waals surface area contributed by atoms with Crippen LogP contribution >= 0.6 is 11.6 Å². The molecule has 1 aliphatic rings. The summed E-state index contributed by atoms with van der Waals surface area (Å²) in [5, 5.41) is 0.796. The standard InChI is InChI=1S/C13H15ClN2/c14-10-6-7-12-13(8-10)16(9-15-12)11-4-2-1-3-5-11/h6-9,11H,1-5H2. The van der Waals surface area contributed by atoms with E-state index in [4.69, 9.17) is 11.6 Å². The molecule has 1 aromatic heterocycles. The lowest BCUT2D eigenvalue weighted by atomic mass is 9.95. The van der Waals surface area contributed by atoms with Gasteiger partial charge in [0.25, 0.3) is 0 Å². The molecule has 3 heteroatoms. The van der Waals surface area contributed by atoms with E-state index >= 15 is 0 Å². The van der Waals surface area contributed by atoms with Crippen LogP contribution in [-0.4, -0.2) is 9.55 Å². The number of imidazole rings is 1. The molecule has 0 spiro atoms. The number of nitrogens with zero attached hydrogens (tertiary/aromatic N) is 2. The van der Waals surface area contributed by atoms with E-state index < -0.39 is 0 Å². The van der Waals surface area contributed by atoms with Gasteiger partial charge in [0.05, 0.1) is 17.4 Å². The van der Waals surface area contributed by atoms with Crippen LogP contribution in [0.5, 0.6) is 0 Å². The van der Waals surface area contributed by atoms with Crippen LogP contribution in [0.25, 0.3) is 11.0 Å². The van der Waals surface area contributed by atoms with E-state index in [2.05, 4.69) is 9.55 Å². The Bertz CT molecular complexity index is 498. The van der Waals surface area contributed by atoms with Crippen molar-refractivity contribution < 1.29 is 0 Å². The van der Waals surface area contributed by atoms with E-state index in [0.717, 1.165) is 10.5 Å². The first-order valence-electron chi connectivity index (χ1n) is 5.97. The van der Waals surface area contributed by atoms with Gasteiger partial charge in [-0.15, -0.1) is 0 Å². The van der Waals surface area contributed by atoms with Gasteiger partial charge in [-0.2, -0.15) is 0 Å². The van der Waals surface area contributed by atoms with Crippen LogP contribution in [-0.2, 0) is 0 Å². The van der Waals surface area contributed by atoms with Gasteiger partial charge in [-0.25, -0.2) is 4.98 Å². The highest BCUT2D eigenvalue weighted by atomic mass is 35.5. The third-order valence-corrected chi connectivity index (χ3v) is 3.74. The Labute approximate surface area is 100 Å². The smallest absolute Gasteiger partial charge is 0.0960 e. The van der Waals surface area contributed by atoms with Gasteiger partial charge in [-0.1, -0.05) is 30.9 Å². The summed E-state index contributed by atoms with van der Waals surface area (Å²) in [7, 11) is 0. The maximum absolute atomic E-state index is 6.05. The summed E-state index contributed by atoms with van der Waals surface area (Å²) < 4.78 is 2.31. The first-order chi connectivity index (χ1) is 7.84. The minimum Gasteiger partial charge on any atom is -0.327 e. The Morgan fingerprint density at radius 1 is 1.19 bits per heavy atom. The number of aromatic nitrogens is 2. The van der Waals surface area contributed by atoms with Crippen LogP contribution in [0.3, 0.4) is 0 Å². The molecule has 0 radical (unpaired) electrons. The highest BCUT2D eigenvalue weighted by molar-refractivity contribution is 6.31. The highest BCUT2D eigenvalue weighted by Crippen LogP contribution is 2.31. The molecule has 2 aromatic rings. The van der Waals surface area contributed by atoms with Crippen LogP contribution in [0.15, 0.2) is 24.5 Å². The molecule has 16 heavy (non-hydrogen) atoms. The summed E-state index contributed by atoms with van der Waals surface area (Å²) in [4.78, 5) is 4.44. The molecule has 3 rings (SSSR count). The first-order valence-corrected chi connectivity index (χ1v) is 6.34. The average Bonchev–Trinajstić information content (AvgIpc) is 2.73. The van der Waals surface area contributed by atoms with Crippen LogP contribution in [0.4, 0.5) is 0 Å². The van der Waals surface area contributed by atoms with Crippen molar-refractivity contribution in [3.63, 3.8) is 0 Å². The molecule has 0 saturated heterocycles. The van der Waals surface area contributed by atoms with Gasteiger partial charge in [-0.3, -0.25) is 0 Å². The number of rotatable bonds is 1. The summed E-state index contributed by atoms with van der Waals surface area (Å²) in [5.74, 6) is 0. The van der Waals surface area contributed by atoms with Gasteiger partial charge in [0.1, 0.15) is 0 Å². The Kier molecular flexibility index (Phi) is 2.60. The van der Waals surface area contributed by atoms with Crippen molar-refractivity contribution in [2.75, 3.05) is 0 Å². The van der Waals surface area contributed by atoms with Crippen molar-refractivity contribution in [2.24, 2.45) is 0 Å². The Hall–Kier alpha value is -1.02. The topological polar surface area (TPSA) is 17.8 Å². The Balaban J connectivity index is 2.05. The first kappa shape index (κ1) is 10.2. The average molecular weight is 235 g/mol. The van der Waals surface area contributed by atoms with Gasteiger partial charge in [0.15, 0.2) is 0 Å². The number of benzene rings is 1. The van der Waals surface area contributed by atoms with Crippen molar-refractivity contribution in [3.05, 3.63) is 29.5 Å². The molecule has 0 amide bonds. The molecule has 1 heterocycles. The zero-order valence-electron chi connectivity index (χ0n) is 9.19. The van der Waals surface area contributed by atoms with Crippen LogP contribution < -0.4 is 0 Å². The van der Waals surface area contributed by atoms with E-state index in [1.54, 1.807) is 0 Å². The number of halogens is 1. The summed E-state index contributed by atoms with van der Waals surface area (Å²) in [6.45, 7) is 0. The van der Waals surface area contributed by atoms with Gasteiger partial charge in [0, 0.05) is 11.1 Å². The van der Waals surface area contributed by atoms with E-state index in [-0.39, 0.29) is 0 Å². The fraction of sp³-hybridized carbons (Fsp3) is 0.462. The van der Waals surface area contributed by atoms with E-state index in [0.29, 0.717) is 6.04 Å². The fourth-order valence-corrected chi connectivity index (χ4v) is 2.82. The molecule has 0 atom stereocenters. The fourth-order valence-electron chi connectivity index (χ4n) is 2.65. The molecule has 1 fully saturated rings. The molecule has 84 valence electrons. The normalized spacial score (nSPS) is 18.1. The molecule has 2 nitrogen and oxygen atoms in total. The van der Waals surface area contributed by atoms with Crippen molar-refractivity contribution >= 4 is 22.6 Å². The quantitative estimate of drug-likeness (QED) is 0.723. The molecular weight excluding hydrogens is 220 g/mol. The molecule has 0 bridgehead atoms. The summed E-state index contributed by atoms with van der Waals surface area (Å²) in [6.07, 6.45) is 8.58. The lowest BCUT2D eigenvalue weighted by molar-refractivity contribution is 0.359. The number of hydrogen-bond donors (Lipinski definition) is 0. The van der Waals surface area contributed by atoms with Crippen LogP contribution in [0, 0.1) is 0 Å². The van der Waals surface area contributed by atoms with Crippen molar-refractivity contribution in [1.82, 2.24) is 9.55 Å². The second-order valence-corrected chi connectivity index (χ2v) is 5.01. The predicted octanol–water partition coefficient (Wildman–Crippen LogP) is 4.19. The maximum atomic E-state index is 6.05. The van der Waals surface area contributed by atoms with Crippen LogP contribution in [0.1, 0.15) is 38.1 Å². The SMILES string of the molecule is Clc1ccc2ncn(C3CCCCC3)c2c1. The third-order valence-electron chi connectivity index (χ3n) is 3.50. The zero-order valence-corrected chi connectivity index (χ0v) is 9.95. The maximum Gasteiger partial charge on any atom is 0.0960 e. The van der Waals surface area contributed by atoms with Crippen molar-refractivity contribution in [2.45, 2.75) is 38.1 Å². The molecule has 0 aliphatic heterocycles. The highest BCUT2D eigenvalue weighted by Gasteiger charge is 2.17. The van der Waals surface area contributed by atoms with E-state index in [1.807, 2.05) is 24.5 Å². The zero-order chi connectivity index (χ0) is 11.0. The van der Waals surface area contributed by atoms with Crippen molar-refractivity contribution in [1.29, 1.82) is 0 Å². The summed E-state index contributed by atoms with van der Waals surface area (Å²) in [5.41, 5.74) is 2.23. The minimum absolute atomic E-state index is 0.622. The monoisotopic (exact) mass is 234 g/mol. The number of hydrogen-bond acceptors (Lipinski definition) is 1. The minimum atomic E-state index is 0.622. The predicted molar refractivity (Wildman–Crippen MR) is 66.9 cm³/mol. The van der Waals surface area contributed by atoms with Gasteiger partial charge in [-0.05, 0) is 31.0 Å². The molecule has 1 saturated carbocycles. The second-order valence-electron chi connectivity index (χ2n) is 4.58. The Morgan fingerprint density at radius 3 is 2.81 bits per heavy atom. The Morgan fingerprint density at radius 2 is 2.00 bits per heavy atom. The third kappa shape index (κ3) is 1.71. The van der Waals surface area contributed by atoms with Crippen molar-refractivity contribution in [3.8, 4) is 0 Å². The van der Waals surface area contributed by atoms with Gasteiger partial charge < -0.3 is 4.57 Å². The van der Waals surface area contributed by atoms with E-state index in [1.165, 1.54) is 37.6 Å². The summed E-state index contributed by atoms with van der Waals surface area (Å²) in [6, 6.07) is 6.55. The van der Waals surface area contributed by atoms with Gasteiger partial charge >= 0.3 is 0 Å². The lowest BCUT2D eigenvalue weighted by Gasteiger charge is -2.23. The van der Waals surface area contributed by atoms with Crippen LogP contribution in [0.2, 0.25) is 5.02 Å². The molecule has 0 N–H and O–H groups in total. The lowest BCUT2D eigenvalue weighted by Crippen LogP contribution is -2.11. The molecule has 1 aromatic carbocycles. The molecular formula is C13H15ClN2. The second kappa shape index (κ2) is 4.10. The molecule has 1 aliphatic carbocycles. The number of fused-ring (bicyclic) bond motifs is 1. The largest absolute Gasteiger partial charge is 0.327 e. The van der Waals surface area contributed by atoms with E-state index in [9.17, 15) is 0 Å². The van der Waals surface area contributed by atoms with Gasteiger partial charge in [0.2, 0.25) is 0 Å².